The lowest BCUT2D eigenvalue weighted by Crippen LogP contribution is -2.03. The van der Waals surface area contributed by atoms with E-state index in [1.807, 2.05) is 91.0 Å². The molecule has 16 rings (SSSR count). The van der Waals surface area contributed by atoms with Crippen molar-refractivity contribution in [3.05, 3.63) is 271 Å². The van der Waals surface area contributed by atoms with E-state index in [1.54, 1.807) is 0 Å². The van der Waals surface area contributed by atoms with E-state index in [0.717, 1.165) is 104 Å². The van der Waals surface area contributed by atoms with E-state index >= 15 is 0 Å². The standard InChI is InChI=1S/C73H41N9/c1-76-60-42-47(34-40-66(60)82-65-32-18-14-28-54(65)58-38-36-56-52-26-12-16-30-63(52)80(70(56)72(58)82)50-23-9-4-10-24-50)68-59(44-75)67(77-73(78-68)45-19-5-2-6-20-45)46-33-39-61(48(41-46)43-74)81-64-31-17-13-27-53(64)57-37-35-55-51-25-11-15-29-62(51)79(69(55)71(57)81)49-21-7-3-8-22-49/h2-42H. The third-order valence-corrected chi connectivity index (χ3v) is 16.3. The summed E-state index contributed by atoms with van der Waals surface area (Å²) in [6.45, 7) is 8.87. The molecule has 0 radical (unpaired) electrons. The summed E-state index contributed by atoms with van der Waals surface area (Å²) >= 11 is 0. The Labute approximate surface area is 469 Å². The highest BCUT2D eigenvalue weighted by molar-refractivity contribution is 6.25. The summed E-state index contributed by atoms with van der Waals surface area (Å²) in [5.41, 5.74) is 15.2. The van der Waals surface area contributed by atoms with Crippen LogP contribution in [0.3, 0.4) is 0 Å². The fraction of sp³-hybridized carbons (Fsp3) is 0. The number of rotatable bonds is 7. The summed E-state index contributed by atoms with van der Waals surface area (Å²) in [7, 11) is 0. The molecule has 9 nitrogen and oxygen atoms in total. The van der Waals surface area contributed by atoms with Gasteiger partial charge in [-0.2, -0.15) is 10.5 Å². The van der Waals surface area contributed by atoms with E-state index in [0.29, 0.717) is 51.0 Å². The minimum absolute atomic E-state index is 0.219. The van der Waals surface area contributed by atoms with Gasteiger partial charge in [0.15, 0.2) is 5.82 Å². The van der Waals surface area contributed by atoms with Gasteiger partial charge < -0.3 is 18.3 Å². The molecule has 0 bridgehead atoms. The third-order valence-electron chi connectivity index (χ3n) is 16.3. The lowest BCUT2D eigenvalue weighted by atomic mass is 9.98. The quantitative estimate of drug-likeness (QED) is 0.149. The molecule has 0 atom stereocenters. The van der Waals surface area contributed by atoms with Crippen LogP contribution in [-0.2, 0) is 0 Å². The molecule has 0 amide bonds. The molecule has 9 heteroatoms. The van der Waals surface area contributed by atoms with Crippen LogP contribution in [0.5, 0.6) is 0 Å². The van der Waals surface area contributed by atoms with Gasteiger partial charge in [-0.3, -0.25) is 0 Å². The maximum absolute atomic E-state index is 11.4. The summed E-state index contributed by atoms with van der Waals surface area (Å²) in [5.74, 6) is 0.401. The molecule has 0 fully saturated rings. The van der Waals surface area contributed by atoms with Gasteiger partial charge in [0.05, 0.1) is 79.0 Å². The number of nitriles is 2. The van der Waals surface area contributed by atoms with E-state index in [1.165, 1.54) is 0 Å². The Morgan fingerprint density at radius 2 is 0.720 bits per heavy atom. The molecular weight excluding hydrogens is 1000 g/mol. The number of aromatic nitrogens is 6. The molecule has 16 aromatic rings. The molecule has 0 aliphatic rings. The Morgan fingerprint density at radius 3 is 1.16 bits per heavy atom. The molecule has 378 valence electrons. The van der Waals surface area contributed by atoms with Crippen LogP contribution in [0, 0.1) is 29.2 Å². The predicted molar refractivity (Wildman–Crippen MR) is 331 cm³/mol. The second kappa shape index (κ2) is 18.1. The second-order valence-corrected chi connectivity index (χ2v) is 20.6. The van der Waals surface area contributed by atoms with E-state index < -0.39 is 0 Å². The van der Waals surface area contributed by atoms with Gasteiger partial charge in [0.2, 0.25) is 5.69 Å². The molecule has 0 saturated heterocycles. The van der Waals surface area contributed by atoms with Gasteiger partial charge in [-0.25, -0.2) is 14.8 Å². The molecule has 0 aliphatic heterocycles. The van der Waals surface area contributed by atoms with Crippen LogP contribution in [0.2, 0.25) is 0 Å². The van der Waals surface area contributed by atoms with Crippen molar-refractivity contribution in [2.45, 2.75) is 0 Å². The van der Waals surface area contributed by atoms with E-state index in [2.05, 4.69) is 193 Å². The Bertz CT molecular complexity index is 5170. The van der Waals surface area contributed by atoms with E-state index in [4.69, 9.17) is 16.5 Å². The number of hydrogen-bond acceptors (Lipinski definition) is 4. The van der Waals surface area contributed by atoms with Crippen LogP contribution in [0.4, 0.5) is 5.69 Å². The zero-order valence-electron chi connectivity index (χ0n) is 43.7. The van der Waals surface area contributed by atoms with Crippen molar-refractivity contribution in [1.82, 2.24) is 28.2 Å². The highest BCUT2D eigenvalue weighted by Crippen LogP contribution is 2.46. The largest absolute Gasteiger partial charge is 0.317 e. The molecule has 82 heavy (non-hydrogen) atoms. The molecule has 5 aromatic heterocycles. The van der Waals surface area contributed by atoms with Crippen molar-refractivity contribution in [3.8, 4) is 68.8 Å². The van der Waals surface area contributed by atoms with Crippen LogP contribution in [0.25, 0.3) is 149 Å². The summed E-state index contributed by atoms with van der Waals surface area (Å²) in [4.78, 5) is 14.6. The van der Waals surface area contributed by atoms with E-state index in [-0.39, 0.29) is 5.56 Å². The SMILES string of the molecule is [C-]#[N+]c1cc(-c2nc(-c3ccccc3)nc(-c3ccc(-n4c5ccccc5c5ccc6c7ccccc7n(-c7ccccc7)c6c54)c(C#N)c3)c2C#N)ccc1-n1c2ccccc2c2ccc3c4ccccc4n(-c4ccccc4)c3c21. The predicted octanol–water partition coefficient (Wildman–Crippen LogP) is 18.2. The maximum Gasteiger partial charge on any atom is 0.211 e. The first-order valence-corrected chi connectivity index (χ1v) is 27.1. The van der Waals surface area contributed by atoms with Gasteiger partial charge in [0.25, 0.3) is 0 Å². The first-order chi connectivity index (χ1) is 40.6. The number of fused-ring (bicyclic) bond motifs is 14. The zero-order valence-corrected chi connectivity index (χ0v) is 43.7. The topological polar surface area (TPSA) is 97.4 Å². The number of benzene rings is 11. The molecule has 0 N–H and O–H groups in total. The van der Waals surface area contributed by atoms with Crippen LogP contribution in [-0.4, -0.2) is 28.2 Å². The van der Waals surface area contributed by atoms with Crippen LogP contribution < -0.4 is 0 Å². The number of nitrogens with zero attached hydrogens (tertiary/aromatic N) is 9. The van der Waals surface area contributed by atoms with Crippen LogP contribution in [0.15, 0.2) is 249 Å². The van der Waals surface area contributed by atoms with Crippen molar-refractivity contribution >= 4 is 92.9 Å². The minimum atomic E-state index is 0.219. The normalized spacial score (nSPS) is 11.6. The number of hydrogen-bond donors (Lipinski definition) is 0. The fourth-order valence-electron chi connectivity index (χ4n) is 12.8. The Hall–Kier alpha value is -11.8. The molecule has 0 spiro atoms. The van der Waals surface area contributed by atoms with Gasteiger partial charge in [-0.05, 0) is 78.4 Å². The third kappa shape index (κ3) is 6.71. The average Bonchev–Trinajstić information content (AvgIpc) is 4.45. The molecule has 11 aromatic carbocycles. The molecule has 5 heterocycles. The average molecular weight is 1040 g/mol. The Balaban J connectivity index is 0.911. The monoisotopic (exact) mass is 1040 g/mol. The van der Waals surface area contributed by atoms with Gasteiger partial charge in [0, 0.05) is 65.6 Å². The first kappa shape index (κ1) is 46.3. The van der Waals surface area contributed by atoms with Gasteiger partial charge in [-0.1, -0.05) is 176 Å². The summed E-state index contributed by atoms with van der Waals surface area (Å²) in [6, 6.07) is 89.7. The maximum atomic E-state index is 11.4. The summed E-state index contributed by atoms with van der Waals surface area (Å²) < 4.78 is 9.10. The highest BCUT2D eigenvalue weighted by Gasteiger charge is 2.27. The summed E-state index contributed by atoms with van der Waals surface area (Å²) in [6.07, 6.45) is 0. The first-order valence-electron chi connectivity index (χ1n) is 27.1. The van der Waals surface area contributed by atoms with Crippen molar-refractivity contribution < 1.29 is 0 Å². The molecule has 0 unspecified atom stereocenters. The second-order valence-electron chi connectivity index (χ2n) is 20.6. The van der Waals surface area contributed by atoms with Crippen molar-refractivity contribution in [2.75, 3.05) is 0 Å². The van der Waals surface area contributed by atoms with Crippen LogP contribution in [0.1, 0.15) is 11.1 Å². The van der Waals surface area contributed by atoms with Crippen LogP contribution >= 0.6 is 0 Å². The van der Waals surface area contributed by atoms with Gasteiger partial charge in [0.1, 0.15) is 17.7 Å². The smallest absolute Gasteiger partial charge is 0.211 e. The molecule has 0 saturated carbocycles. The summed E-state index contributed by atoms with van der Waals surface area (Å²) in [5, 5.41) is 31.5. The van der Waals surface area contributed by atoms with Crippen molar-refractivity contribution in [3.63, 3.8) is 0 Å². The molecule has 0 aliphatic carbocycles. The zero-order chi connectivity index (χ0) is 54.6. The fourth-order valence-corrected chi connectivity index (χ4v) is 12.8. The highest BCUT2D eigenvalue weighted by atomic mass is 15.1. The van der Waals surface area contributed by atoms with E-state index in [9.17, 15) is 10.5 Å². The minimum Gasteiger partial charge on any atom is -0.317 e. The molecular formula is C73H41N9. The van der Waals surface area contributed by atoms with Gasteiger partial charge >= 0.3 is 0 Å². The van der Waals surface area contributed by atoms with Crippen molar-refractivity contribution in [1.29, 1.82) is 10.5 Å². The lowest BCUT2D eigenvalue weighted by molar-refractivity contribution is 1.14. The Morgan fingerprint density at radius 1 is 0.341 bits per heavy atom. The van der Waals surface area contributed by atoms with Crippen molar-refractivity contribution in [2.24, 2.45) is 0 Å². The lowest BCUT2D eigenvalue weighted by Gasteiger charge is -2.16. The number of para-hydroxylation sites is 6. The van der Waals surface area contributed by atoms with Gasteiger partial charge in [-0.15, -0.1) is 0 Å². The Kier molecular flexibility index (Phi) is 10.2.